The van der Waals surface area contributed by atoms with Crippen LogP contribution in [0, 0.1) is 0 Å². The molecule has 0 aliphatic heterocycles. The third-order valence-corrected chi connectivity index (χ3v) is 5.17. The topological polar surface area (TPSA) is 90.9 Å². The molecule has 0 aliphatic carbocycles. The summed E-state index contributed by atoms with van der Waals surface area (Å²) in [5.41, 5.74) is 9.35. The Labute approximate surface area is 185 Å². The van der Waals surface area contributed by atoms with Crippen molar-refractivity contribution in [3.05, 3.63) is 97.0 Å². The minimum Gasteiger partial charge on any atom is -0.457 e. The average molecular weight is 422 g/mol. The molecule has 5 aromatic rings. The second-order valence-electron chi connectivity index (χ2n) is 7.45. The van der Waals surface area contributed by atoms with E-state index in [1.165, 1.54) is 5.56 Å². The molecule has 3 aromatic carbocycles. The number of nitrogens with zero attached hydrogens (tertiary/aromatic N) is 4. The van der Waals surface area contributed by atoms with Gasteiger partial charge >= 0.3 is 0 Å². The highest BCUT2D eigenvalue weighted by molar-refractivity contribution is 5.78. The Balaban J connectivity index is 1.43. The van der Waals surface area contributed by atoms with E-state index in [9.17, 15) is 0 Å². The first-order valence-corrected chi connectivity index (χ1v) is 10.3. The summed E-state index contributed by atoms with van der Waals surface area (Å²) in [4.78, 5) is 13.6. The van der Waals surface area contributed by atoms with E-state index in [4.69, 9.17) is 15.5 Å². The van der Waals surface area contributed by atoms with Crippen LogP contribution in [0.25, 0.3) is 16.9 Å². The third kappa shape index (κ3) is 4.09. The molecule has 32 heavy (non-hydrogen) atoms. The molecule has 0 radical (unpaired) electrons. The van der Waals surface area contributed by atoms with Gasteiger partial charge in [-0.2, -0.15) is 4.98 Å². The van der Waals surface area contributed by atoms with Crippen LogP contribution in [-0.4, -0.2) is 19.5 Å². The fourth-order valence-electron chi connectivity index (χ4n) is 3.48. The molecular weight excluding hydrogens is 400 g/mol. The summed E-state index contributed by atoms with van der Waals surface area (Å²) in [5, 5.41) is 3.37. The predicted octanol–water partition coefficient (Wildman–Crippen LogP) is 5.36. The quantitative estimate of drug-likeness (QED) is 0.358. The van der Waals surface area contributed by atoms with Gasteiger partial charge in [0.25, 0.3) is 0 Å². The Hall–Kier alpha value is -4.39. The molecule has 2 aromatic heterocycles. The highest BCUT2D eigenvalue weighted by atomic mass is 16.5. The number of nitrogen functional groups attached to an aromatic ring is 1. The molecule has 0 saturated heterocycles. The molecule has 158 valence electrons. The van der Waals surface area contributed by atoms with Gasteiger partial charge in [-0.25, -0.2) is 9.97 Å². The lowest BCUT2D eigenvalue weighted by molar-refractivity contribution is 0.483. The van der Waals surface area contributed by atoms with Crippen LogP contribution >= 0.6 is 0 Å². The van der Waals surface area contributed by atoms with Crippen molar-refractivity contribution in [1.82, 2.24) is 19.5 Å². The number of hydrogen-bond acceptors (Lipinski definition) is 6. The molecule has 0 bridgehead atoms. The van der Waals surface area contributed by atoms with Crippen LogP contribution in [-0.2, 0) is 0 Å². The van der Waals surface area contributed by atoms with E-state index in [2.05, 4.69) is 34.3 Å². The van der Waals surface area contributed by atoms with Gasteiger partial charge in [0.1, 0.15) is 23.6 Å². The van der Waals surface area contributed by atoms with Crippen LogP contribution in [0.2, 0.25) is 0 Å². The van der Waals surface area contributed by atoms with E-state index >= 15 is 0 Å². The molecule has 0 fully saturated rings. The first-order chi connectivity index (χ1) is 15.7. The first-order valence-electron chi connectivity index (χ1n) is 10.3. The Kier molecular flexibility index (Phi) is 5.13. The number of aromatic nitrogens is 4. The van der Waals surface area contributed by atoms with Gasteiger partial charge in [-0.15, -0.1) is 0 Å². The number of benzene rings is 3. The van der Waals surface area contributed by atoms with Crippen LogP contribution in [0.3, 0.4) is 0 Å². The van der Waals surface area contributed by atoms with Gasteiger partial charge < -0.3 is 15.8 Å². The van der Waals surface area contributed by atoms with E-state index in [-0.39, 0.29) is 6.04 Å². The van der Waals surface area contributed by atoms with Crippen LogP contribution in [0.15, 0.2) is 91.4 Å². The summed E-state index contributed by atoms with van der Waals surface area (Å²) in [6.45, 7) is 2.08. The Morgan fingerprint density at radius 3 is 2.50 bits per heavy atom. The van der Waals surface area contributed by atoms with Crippen molar-refractivity contribution in [2.45, 2.75) is 13.0 Å². The van der Waals surface area contributed by atoms with Gasteiger partial charge in [-0.1, -0.05) is 30.3 Å². The van der Waals surface area contributed by atoms with Gasteiger partial charge in [0.15, 0.2) is 0 Å². The molecular formula is C25H22N6O. The van der Waals surface area contributed by atoms with Gasteiger partial charge in [0.05, 0.1) is 17.1 Å². The van der Waals surface area contributed by atoms with Crippen LogP contribution in [0.1, 0.15) is 18.5 Å². The zero-order valence-corrected chi connectivity index (χ0v) is 17.5. The maximum Gasteiger partial charge on any atom is 0.225 e. The second-order valence-corrected chi connectivity index (χ2v) is 7.45. The van der Waals surface area contributed by atoms with Gasteiger partial charge in [0.2, 0.25) is 5.95 Å². The van der Waals surface area contributed by atoms with E-state index in [1.807, 2.05) is 71.3 Å². The minimum absolute atomic E-state index is 0.0749. The lowest BCUT2D eigenvalue weighted by Gasteiger charge is -2.14. The molecule has 0 amide bonds. The van der Waals surface area contributed by atoms with E-state index in [0.29, 0.717) is 23.1 Å². The van der Waals surface area contributed by atoms with Gasteiger partial charge in [0, 0.05) is 18.0 Å². The molecule has 0 saturated carbocycles. The first kappa shape index (κ1) is 19.6. The fourth-order valence-corrected chi connectivity index (χ4v) is 3.48. The molecule has 7 heteroatoms. The Morgan fingerprint density at radius 2 is 1.69 bits per heavy atom. The lowest BCUT2D eigenvalue weighted by Crippen LogP contribution is -2.10. The minimum atomic E-state index is 0.0749. The highest BCUT2D eigenvalue weighted by Crippen LogP contribution is 2.27. The molecule has 5 rings (SSSR count). The normalized spacial score (nSPS) is 11.9. The monoisotopic (exact) mass is 422 g/mol. The van der Waals surface area contributed by atoms with Crippen molar-refractivity contribution in [3.8, 4) is 17.3 Å². The SMILES string of the molecule is C[C@H](Nc1nccc(-n2cnc3ccc(Oc4ccc(N)cc4)cc32)n1)c1ccccc1. The number of imidazole rings is 1. The van der Waals surface area contributed by atoms with Crippen molar-refractivity contribution in [2.75, 3.05) is 11.1 Å². The second kappa shape index (κ2) is 8.39. The van der Waals surface area contributed by atoms with E-state index in [0.717, 1.165) is 16.9 Å². The Morgan fingerprint density at radius 1 is 0.906 bits per heavy atom. The molecule has 1 atom stereocenters. The van der Waals surface area contributed by atoms with E-state index in [1.54, 1.807) is 12.5 Å². The molecule has 0 spiro atoms. The van der Waals surface area contributed by atoms with Crippen molar-refractivity contribution in [3.63, 3.8) is 0 Å². The van der Waals surface area contributed by atoms with Crippen molar-refractivity contribution in [2.24, 2.45) is 0 Å². The van der Waals surface area contributed by atoms with E-state index < -0.39 is 0 Å². The largest absolute Gasteiger partial charge is 0.457 e. The maximum atomic E-state index is 5.99. The summed E-state index contributed by atoms with van der Waals surface area (Å²) in [7, 11) is 0. The molecule has 0 aliphatic rings. The number of nitrogens with two attached hydrogens (primary N) is 1. The Bertz CT molecular complexity index is 1350. The predicted molar refractivity (Wildman–Crippen MR) is 126 cm³/mol. The summed E-state index contributed by atoms with van der Waals surface area (Å²) in [6.07, 6.45) is 3.49. The summed E-state index contributed by atoms with van der Waals surface area (Å²) < 4.78 is 7.91. The van der Waals surface area contributed by atoms with Gasteiger partial charge in [-0.3, -0.25) is 4.57 Å². The molecule has 2 heterocycles. The van der Waals surface area contributed by atoms with Crippen LogP contribution < -0.4 is 15.8 Å². The van der Waals surface area contributed by atoms with Crippen molar-refractivity contribution < 1.29 is 4.74 Å². The number of rotatable bonds is 6. The number of ether oxygens (including phenoxy) is 1. The highest BCUT2D eigenvalue weighted by Gasteiger charge is 2.11. The maximum absolute atomic E-state index is 5.99. The fraction of sp³-hybridized carbons (Fsp3) is 0.0800. The molecule has 3 N–H and O–H groups in total. The van der Waals surface area contributed by atoms with Crippen LogP contribution in [0.5, 0.6) is 11.5 Å². The van der Waals surface area contributed by atoms with Crippen LogP contribution in [0.4, 0.5) is 11.6 Å². The number of anilines is 2. The molecule has 0 unspecified atom stereocenters. The smallest absolute Gasteiger partial charge is 0.225 e. The average Bonchev–Trinajstić information content (AvgIpc) is 3.25. The zero-order chi connectivity index (χ0) is 21.9. The van der Waals surface area contributed by atoms with Crippen molar-refractivity contribution in [1.29, 1.82) is 0 Å². The lowest BCUT2D eigenvalue weighted by atomic mass is 10.1. The standard InChI is InChI=1S/C25H22N6O/c1-17(18-5-3-2-4-6-18)29-25-27-14-13-24(30-25)31-16-28-22-12-11-21(15-23(22)31)32-20-9-7-19(26)8-10-20/h2-17H,26H2,1H3,(H,27,29,30)/t17-/m0/s1. The zero-order valence-electron chi connectivity index (χ0n) is 17.5. The summed E-state index contributed by atoms with van der Waals surface area (Å²) in [6, 6.07) is 25.2. The number of fused-ring (bicyclic) bond motifs is 1. The van der Waals surface area contributed by atoms with Crippen molar-refractivity contribution >= 4 is 22.7 Å². The summed E-state index contributed by atoms with van der Waals surface area (Å²) >= 11 is 0. The third-order valence-electron chi connectivity index (χ3n) is 5.17. The molecule has 7 nitrogen and oxygen atoms in total. The number of nitrogens with one attached hydrogen (secondary N) is 1. The summed E-state index contributed by atoms with van der Waals surface area (Å²) in [5.74, 6) is 2.69. The van der Waals surface area contributed by atoms with Gasteiger partial charge in [-0.05, 0) is 55.0 Å². The number of hydrogen-bond donors (Lipinski definition) is 2.